The number of nitrogens with one attached hydrogen (secondary N) is 1. The molecule has 0 saturated heterocycles. The van der Waals surface area contributed by atoms with Gasteiger partial charge in [-0.25, -0.2) is 0 Å². The molecule has 1 N–H and O–H groups in total. The van der Waals surface area contributed by atoms with Crippen molar-refractivity contribution in [3.05, 3.63) is 47.5 Å². The highest BCUT2D eigenvalue weighted by Crippen LogP contribution is 2.21. The van der Waals surface area contributed by atoms with Crippen molar-refractivity contribution in [1.82, 2.24) is 20.1 Å². The van der Waals surface area contributed by atoms with Crippen LogP contribution in [0.25, 0.3) is 0 Å². The molecule has 2 aromatic heterocycles. The highest BCUT2D eigenvalue weighted by Gasteiger charge is 2.16. The maximum Gasteiger partial charge on any atom is 0.0540 e. The van der Waals surface area contributed by atoms with Gasteiger partial charge in [0.1, 0.15) is 0 Å². The van der Waals surface area contributed by atoms with Crippen LogP contribution in [0.1, 0.15) is 36.2 Å². The molecule has 2 rings (SSSR count). The number of rotatable bonds is 6. The molecule has 0 radical (unpaired) electrons. The van der Waals surface area contributed by atoms with E-state index >= 15 is 0 Å². The Hall–Kier alpha value is -1.68. The molecule has 2 aromatic rings. The zero-order chi connectivity index (χ0) is 13.7. The van der Waals surface area contributed by atoms with Crippen LogP contribution >= 0.6 is 0 Å². The van der Waals surface area contributed by atoms with Gasteiger partial charge in [-0.15, -0.1) is 0 Å². The van der Waals surface area contributed by atoms with E-state index in [-0.39, 0.29) is 0 Å². The summed E-state index contributed by atoms with van der Waals surface area (Å²) in [5.41, 5.74) is 3.75. The first-order chi connectivity index (χ1) is 9.22. The third-order valence-electron chi connectivity index (χ3n) is 3.45. The lowest BCUT2D eigenvalue weighted by Gasteiger charge is -2.18. The van der Waals surface area contributed by atoms with Crippen molar-refractivity contribution in [2.75, 3.05) is 6.54 Å². The monoisotopic (exact) mass is 258 g/mol. The van der Waals surface area contributed by atoms with Crippen LogP contribution in [0.4, 0.5) is 0 Å². The zero-order valence-electron chi connectivity index (χ0n) is 11.9. The second-order valence-corrected chi connectivity index (χ2v) is 4.88. The fraction of sp³-hybridized carbons (Fsp3) is 0.467. The van der Waals surface area contributed by atoms with Gasteiger partial charge in [-0.05, 0) is 37.9 Å². The Labute approximate surface area is 114 Å². The smallest absolute Gasteiger partial charge is 0.0540 e. The van der Waals surface area contributed by atoms with Gasteiger partial charge in [-0.1, -0.05) is 13.0 Å². The van der Waals surface area contributed by atoms with E-state index in [4.69, 9.17) is 0 Å². The highest BCUT2D eigenvalue weighted by molar-refractivity contribution is 5.23. The van der Waals surface area contributed by atoms with Gasteiger partial charge in [0.25, 0.3) is 0 Å². The molecule has 0 aliphatic carbocycles. The van der Waals surface area contributed by atoms with Gasteiger partial charge in [0.15, 0.2) is 0 Å². The molecule has 1 atom stereocenters. The van der Waals surface area contributed by atoms with E-state index in [1.807, 2.05) is 36.4 Å². The molecule has 0 bridgehead atoms. The summed E-state index contributed by atoms with van der Waals surface area (Å²) in [6, 6.07) is 4.42. The number of aromatic nitrogens is 3. The SMILES string of the molecule is CCCNC(Cc1cccnc1)c1cnn(C)c1C. The average Bonchev–Trinajstić information content (AvgIpc) is 2.76. The normalized spacial score (nSPS) is 12.6. The van der Waals surface area contributed by atoms with Crippen LogP contribution in [0.5, 0.6) is 0 Å². The van der Waals surface area contributed by atoms with E-state index in [1.54, 1.807) is 0 Å². The van der Waals surface area contributed by atoms with E-state index in [1.165, 1.54) is 16.8 Å². The highest BCUT2D eigenvalue weighted by atomic mass is 15.3. The molecule has 4 heteroatoms. The van der Waals surface area contributed by atoms with Crippen molar-refractivity contribution in [1.29, 1.82) is 0 Å². The lowest BCUT2D eigenvalue weighted by atomic mass is 10.0. The molecule has 0 aliphatic rings. The summed E-state index contributed by atoms with van der Waals surface area (Å²) < 4.78 is 1.93. The summed E-state index contributed by atoms with van der Waals surface area (Å²) >= 11 is 0. The summed E-state index contributed by atoms with van der Waals surface area (Å²) in [4.78, 5) is 4.19. The van der Waals surface area contributed by atoms with Crippen molar-refractivity contribution in [2.24, 2.45) is 7.05 Å². The van der Waals surface area contributed by atoms with Crippen LogP contribution in [0.3, 0.4) is 0 Å². The Morgan fingerprint density at radius 3 is 2.79 bits per heavy atom. The van der Waals surface area contributed by atoms with Gasteiger partial charge >= 0.3 is 0 Å². The predicted octanol–water partition coefficient (Wildman–Crippen LogP) is 2.41. The quantitative estimate of drug-likeness (QED) is 0.865. The standard InChI is InChI=1S/C15H22N4/c1-4-7-17-15(9-13-6-5-8-16-10-13)14-11-18-19(3)12(14)2/h5-6,8,10-11,15,17H,4,7,9H2,1-3H3. The summed E-state index contributed by atoms with van der Waals surface area (Å²) in [6.45, 7) is 5.32. The lowest BCUT2D eigenvalue weighted by molar-refractivity contribution is 0.525. The van der Waals surface area contributed by atoms with Gasteiger partial charge in [0.05, 0.1) is 6.20 Å². The van der Waals surface area contributed by atoms with Crippen molar-refractivity contribution < 1.29 is 0 Å². The molecular formula is C15H22N4. The molecule has 0 fully saturated rings. The van der Waals surface area contributed by atoms with Crippen molar-refractivity contribution in [3.8, 4) is 0 Å². The Morgan fingerprint density at radius 1 is 1.37 bits per heavy atom. The van der Waals surface area contributed by atoms with Crippen LogP contribution in [0.2, 0.25) is 0 Å². The summed E-state index contributed by atoms with van der Waals surface area (Å²) in [6.07, 6.45) is 7.79. The molecule has 0 saturated carbocycles. The number of hydrogen-bond acceptors (Lipinski definition) is 3. The second kappa shape index (κ2) is 6.48. The van der Waals surface area contributed by atoms with Gasteiger partial charge < -0.3 is 5.32 Å². The minimum absolute atomic E-state index is 0.304. The molecule has 0 aliphatic heterocycles. The summed E-state index contributed by atoms with van der Waals surface area (Å²) in [5.74, 6) is 0. The first-order valence-corrected chi connectivity index (χ1v) is 6.83. The molecule has 2 heterocycles. The Bertz CT molecular complexity index is 504. The topological polar surface area (TPSA) is 42.7 Å². The fourth-order valence-corrected chi connectivity index (χ4v) is 2.22. The second-order valence-electron chi connectivity index (χ2n) is 4.88. The molecule has 0 amide bonds. The minimum Gasteiger partial charge on any atom is -0.310 e. The van der Waals surface area contributed by atoms with E-state index < -0.39 is 0 Å². The van der Waals surface area contributed by atoms with E-state index in [2.05, 4.69) is 35.3 Å². The Kier molecular flexibility index (Phi) is 4.68. The van der Waals surface area contributed by atoms with Crippen LogP contribution < -0.4 is 5.32 Å². The molecule has 0 spiro atoms. The minimum atomic E-state index is 0.304. The number of nitrogens with zero attached hydrogens (tertiary/aromatic N) is 3. The fourth-order valence-electron chi connectivity index (χ4n) is 2.22. The molecule has 19 heavy (non-hydrogen) atoms. The van der Waals surface area contributed by atoms with Gasteiger partial charge in [-0.2, -0.15) is 5.10 Å². The molecule has 4 nitrogen and oxygen atoms in total. The van der Waals surface area contributed by atoms with E-state index in [0.29, 0.717) is 6.04 Å². The van der Waals surface area contributed by atoms with Crippen LogP contribution in [-0.4, -0.2) is 21.3 Å². The number of hydrogen-bond donors (Lipinski definition) is 1. The molecule has 0 aromatic carbocycles. The summed E-state index contributed by atoms with van der Waals surface area (Å²) in [5, 5.41) is 7.96. The Balaban J connectivity index is 2.18. The van der Waals surface area contributed by atoms with Gasteiger partial charge in [0.2, 0.25) is 0 Å². The predicted molar refractivity (Wildman–Crippen MR) is 76.9 cm³/mol. The van der Waals surface area contributed by atoms with Crippen LogP contribution in [-0.2, 0) is 13.5 Å². The maximum atomic E-state index is 4.35. The molecule has 1 unspecified atom stereocenters. The van der Waals surface area contributed by atoms with Crippen molar-refractivity contribution in [3.63, 3.8) is 0 Å². The Morgan fingerprint density at radius 2 is 2.21 bits per heavy atom. The number of aryl methyl sites for hydroxylation is 1. The van der Waals surface area contributed by atoms with E-state index in [9.17, 15) is 0 Å². The van der Waals surface area contributed by atoms with Gasteiger partial charge in [0, 0.05) is 36.7 Å². The lowest BCUT2D eigenvalue weighted by Crippen LogP contribution is -2.24. The summed E-state index contributed by atoms with van der Waals surface area (Å²) in [7, 11) is 1.99. The third kappa shape index (κ3) is 3.41. The van der Waals surface area contributed by atoms with Crippen LogP contribution in [0.15, 0.2) is 30.7 Å². The third-order valence-corrected chi connectivity index (χ3v) is 3.45. The first-order valence-electron chi connectivity index (χ1n) is 6.83. The van der Waals surface area contributed by atoms with E-state index in [0.717, 1.165) is 19.4 Å². The van der Waals surface area contributed by atoms with Crippen LogP contribution in [0, 0.1) is 6.92 Å². The average molecular weight is 258 g/mol. The largest absolute Gasteiger partial charge is 0.310 e. The molecule has 102 valence electrons. The molecular weight excluding hydrogens is 236 g/mol. The maximum absolute atomic E-state index is 4.35. The first kappa shape index (κ1) is 13.7. The number of pyridine rings is 1. The van der Waals surface area contributed by atoms with Gasteiger partial charge in [-0.3, -0.25) is 9.67 Å². The van der Waals surface area contributed by atoms with Crippen molar-refractivity contribution in [2.45, 2.75) is 32.7 Å². The van der Waals surface area contributed by atoms with Crippen molar-refractivity contribution >= 4 is 0 Å². The zero-order valence-corrected chi connectivity index (χ0v) is 11.9.